The number of benzene rings is 1. The lowest BCUT2D eigenvalue weighted by Crippen LogP contribution is -2.43. The van der Waals surface area contributed by atoms with Gasteiger partial charge >= 0.3 is 0 Å². The lowest BCUT2D eigenvalue weighted by Gasteiger charge is -2.37. The third kappa shape index (κ3) is 1.87. The quantitative estimate of drug-likeness (QED) is 0.895. The van der Waals surface area contributed by atoms with Crippen molar-refractivity contribution in [1.29, 1.82) is 0 Å². The summed E-state index contributed by atoms with van der Waals surface area (Å²) in [7, 11) is -1.46. The minimum atomic E-state index is -3.03. The van der Waals surface area contributed by atoms with Crippen molar-refractivity contribution in [2.75, 3.05) is 7.11 Å². The van der Waals surface area contributed by atoms with Gasteiger partial charge in [-0.05, 0) is 31.7 Å². The predicted molar refractivity (Wildman–Crippen MR) is 71.9 cm³/mol. The van der Waals surface area contributed by atoms with Gasteiger partial charge in [-0.2, -0.15) is 0 Å². The summed E-state index contributed by atoms with van der Waals surface area (Å²) in [6.45, 7) is 0. The fraction of sp³-hybridized carbons (Fsp3) is 0.571. The largest absolute Gasteiger partial charge is 0.496 e. The maximum absolute atomic E-state index is 12.1. The van der Waals surface area contributed by atoms with Gasteiger partial charge in [0.25, 0.3) is 0 Å². The van der Waals surface area contributed by atoms with Crippen molar-refractivity contribution in [1.82, 2.24) is 0 Å². The molecule has 1 aromatic carbocycles. The molecule has 0 amide bonds. The number of rotatable bonds is 2. The molecule has 2 aliphatic rings. The number of hydrogen-bond donors (Lipinski definition) is 1. The summed E-state index contributed by atoms with van der Waals surface area (Å²) in [4.78, 5) is 0. The van der Waals surface area contributed by atoms with Gasteiger partial charge in [0.2, 0.25) is 0 Å². The monoisotopic (exact) mass is 282 g/mol. The third-order valence-electron chi connectivity index (χ3n) is 4.48. The van der Waals surface area contributed by atoms with Crippen molar-refractivity contribution in [2.24, 2.45) is 0 Å². The molecular formula is C14H18O4S. The van der Waals surface area contributed by atoms with Crippen molar-refractivity contribution in [2.45, 2.75) is 41.8 Å². The van der Waals surface area contributed by atoms with Crippen molar-refractivity contribution in [3.8, 4) is 5.75 Å². The van der Waals surface area contributed by atoms with E-state index in [2.05, 4.69) is 0 Å². The molecule has 0 aromatic heterocycles. The first kappa shape index (κ1) is 12.9. The SMILES string of the molecule is COc1ccccc1C1(O)CC2CCC(C1)S2(=O)=O. The second kappa shape index (κ2) is 4.21. The molecular weight excluding hydrogens is 264 g/mol. The van der Waals surface area contributed by atoms with Gasteiger partial charge in [0, 0.05) is 5.56 Å². The van der Waals surface area contributed by atoms with Crippen molar-refractivity contribution >= 4 is 9.84 Å². The Hall–Kier alpha value is -1.07. The zero-order chi connectivity index (χ0) is 13.7. The van der Waals surface area contributed by atoms with E-state index in [1.54, 1.807) is 13.2 Å². The van der Waals surface area contributed by atoms with Crippen LogP contribution < -0.4 is 4.74 Å². The first-order valence-electron chi connectivity index (χ1n) is 6.56. The average molecular weight is 282 g/mol. The second-order valence-corrected chi connectivity index (χ2v) is 8.06. The van der Waals surface area contributed by atoms with Crippen LogP contribution in [0, 0.1) is 0 Å². The van der Waals surface area contributed by atoms with Gasteiger partial charge in [-0.1, -0.05) is 18.2 Å². The molecule has 3 rings (SSSR count). The number of para-hydroxylation sites is 1. The Bertz CT molecular complexity index is 573. The molecule has 2 fully saturated rings. The lowest BCUT2D eigenvalue weighted by atomic mass is 9.85. The van der Waals surface area contributed by atoms with Gasteiger partial charge in [0.15, 0.2) is 9.84 Å². The van der Waals surface area contributed by atoms with Gasteiger partial charge in [-0.3, -0.25) is 0 Å². The molecule has 1 N–H and O–H groups in total. The summed E-state index contributed by atoms with van der Waals surface area (Å²) in [5.41, 5.74) is -0.367. The Balaban J connectivity index is 2.02. The Kier molecular flexibility index (Phi) is 2.87. The molecule has 0 saturated carbocycles. The van der Waals surface area contributed by atoms with E-state index in [4.69, 9.17) is 4.74 Å². The molecule has 19 heavy (non-hydrogen) atoms. The highest BCUT2D eigenvalue weighted by Gasteiger charge is 2.53. The number of fused-ring (bicyclic) bond motifs is 2. The van der Waals surface area contributed by atoms with Crippen LogP contribution in [0.5, 0.6) is 5.75 Å². The number of aliphatic hydroxyl groups is 1. The molecule has 0 spiro atoms. The Labute approximate surface area is 113 Å². The molecule has 2 unspecified atom stereocenters. The highest BCUT2D eigenvalue weighted by atomic mass is 32.2. The molecule has 4 nitrogen and oxygen atoms in total. The summed E-state index contributed by atoms with van der Waals surface area (Å²) in [5.74, 6) is 0.628. The smallest absolute Gasteiger partial charge is 0.156 e. The third-order valence-corrected chi connectivity index (χ3v) is 7.14. The first-order chi connectivity index (χ1) is 8.97. The van der Waals surface area contributed by atoms with Gasteiger partial charge in [-0.15, -0.1) is 0 Å². The molecule has 1 aromatic rings. The van der Waals surface area contributed by atoms with Crippen LogP contribution in [0.15, 0.2) is 24.3 Å². The fourth-order valence-electron chi connectivity index (χ4n) is 3.49. The summed E-state index contributed by atoms with van der Waals surface area (Å²) in [6, 6.07) is 7.33. The van der Waals surface area contributed by atoms with Crippen molar-refractivity contribution in [3.63, 3.8) is 0 Å². The Morgan fingerprint density at radius 1 is 1.21 bits per heavy atom. The van der Waals surface area contributed by atoms with Crippen LogP contribution in [-0.4, -0.2) is 31.1 Å². The molecule has 0 radical (unpaired) electrons. The fourth-order valence-corrected chi connectivity index (χ4v) is 5.98. The molecule has 2 atom stereocenters. The predicted octanol–water partition coefficient (Wildman–Crippen LogP) is 1.62. The van der Waals surface area contributed by atoms with Crippen LogP contribution >= 0.6 is 0 Å². The van der Waals surface area contributed by atoms with Gasteiger partial charge in [0.1, 0.15) is 5.75 Å². The number of methoxy groups -OCH3 is 1. The summed E-state index contributed by atoms with van der Waals surface area (Å²) < 4.78 is 29.5. The normalized spacial score (nSPS) is 36.1. The van der Waals surface area contributed by atoms with Gasteiger partial charge in [-0.25, -0.2) is 8.42 Å². The maximum Gasteiger partial charge on any atom is 0.156 e. The lowest BCUT2D eigenvalue weighted by molar-refractivity contribution is 0.0151. The van der Waals surface area contributed by atoms with E-state index >= 15 is 0 Å². The highest BCUT2D eigenvalue weighted by molar-refractivity contribution is 7.93. The van der Waals surface area contributed by atoms with Crippen LogP contribution in [0.25, 0.3) is 0 Å². The number of hydrogen-bond acceptors (Lipinski definition) is 4. The van der Waals surface area contributed by atoms with Crippen LogP contribution in [-0.2, 0) is 15.4 Å². The summed E-state index contributed by atoms with van der Waals surface area (Å²) in [6.07, 6.45) is 1.91. The highest BCUT2D eigenvalue weighted by Crippen LogP contribution is 2.49. The van der Waals surface area contributed by atoms with Gasteiger partial charge in [0.05, 0.1) is 23.2 Å². The molecule has 104 valence electrons. The Morgan fingerprint density at radius 2 is 1.79 bits per heavy atom. The van der Waals surface area contributed by atoms with Crippen molar-refractivity contribution < 1.29 is 18.3 Å². The van der Waals surface area contributed by atoms with Crippen LogP contribution in [0.2, 0.25) is 0 Å². The van der Waals surface area contributed by atoms with E-state index in [0.29, 0.717) is 24.2 Å². The minimum absolute atomic E-state index is 0.284. The van der Waals surface area contributed by atoms with E-state index in [9.17, 15) is 13.5 Å². The van der Waals surface area contributed by atoms with Crippen molar-refractivity contribution in [3.05, 3.63) is 29.8 Å². The van der Waals surface area contributed by atoms with Crippen LogP contribution in [0.3, 0.4) is 0 Å². The molecule has 2 heterocycles. The van der Waals surface area contributed by atoms with E-state index in [1.165, 1.54) is 0 Å². The van der Waals surface area contributed by atoms with Gasteiger partial charge < -0.3 is 9.84 Å². The van der Waals surface area contributed by atoms with E-state index in [0.717, 1.165) is 0 Å². The van der Waals surface area contributed by atoms with E-state index < -0.39 is 25.9 Å². The molecule has 2 saturated heterocycles. The maximum atomic E-state index is 12.1. The molecule has 2 bridgehead atoms. The first-order valence-corrected chi connectivity index (χ1v) is 8.17. The molecule has 2 aliphatic heterocycles. The average Bonchev–Trinajstić information content (AvgIpc) is 2.57. The minimum Gasteiger partial charge on any atom is -0.496 e. The van der Waals surface area contributed by atoms with Crippen LogP contribution in [0.1, 0.15) is 31.2 Å². The standard InChI is InChI=1S/C14H18O4S/c1-18-13-5-3-2-4-12(13)14(15)8-10-6-7-11(9-14)19(10,16)17/h2-5,10-11,15H,6-9H2,1H3. The topological polar surface area (TPSA) is 63.6 Å². The second-order valence-electron chi connectivity index (χ2n) is 5.55. The Morgan fingerprint density at radius 3 is 2.37 bits per heavy atom. The number of sulfone groups is 1. The van der Waals surface area contributed by atoms with Crippen LogP contribution in [0.4, 0.5) is 0 Å². The zero-order valence-corrected chi connectivity index (χ0v) is 11.7. The van der Waals surface area contributed by atoms with E-state index in [1.807, 2.05) is 18.2 Å². The zero-order valence-electron chi connectivity index (χ0n) is 10.9. The molecule has 0 aliphatic carbocycles. The number of ether oxygens (including phenoxy) is 1. The summed E-state index contributed by atoms with van der Waals surface area (Å²) in [5, 5.41) is 10.1. The van der Waals surface area contributed by atoms with E-state index in [-0.39, 0.29) is 12.8 Å². The summed E-state index contributed by atoms with van der Waals surface area (Å²) >= 11 is 0. The molecule has 5 heteroatoms.